The topological polar surface area (TPSA) is 75.5 Å². The Kier molecular flexibility index (Phi) is 5.25. The Labute approximate surface area is 165 Å². The molecule has 1 aromatic carbocycles. The van der Waals surface area contributed by atoms with E-state index in [-0.39, 0.29) is 29.5 Å². The van der Waals surface area contributed by atoms with Gasteiger partial charge in [-0.3, -0.25) is 14.4 Å². The maximum atomic E-state index is 12.9. The molecule has 2 aliphatic heterocycles. The van der Waals surface area contributed by atoms with Crippen molar-refractivity contribution in [2.45, 2.75) is 31.5 Å². The summed E-state index contributed by atoms with van der Waals surface area (Å²) in [7, 11) is -1.27. The molecule has 3 heterocycles. The van der Waals surface area contributed by atoms with Crippen molar-refractivity contribution in [3.63, 3.8) is 0 Å². The molecule has 7 nitrogen and oxygen atoms in total. The first-order chi connectivity index (χ1) is 13.4. The molecular formula is C20H26N4O3S. The highest BCUT2D eigenvalue weighted by molar-refractivity contribution is 7.91. The second-order valence-electron chi connectivity index (χ2n) is 7.70. The lowest BCUT2D eigenvalue weighted by Gasteiger charge is -2.44. The second kappa shape index (κ2) is 7.67. The zero-order valence-electron chi connectivity index (χ0n) is 16.1. The van der Waals surface area contributed by atoms with E-state index >= 15 is 0 Å². The molecule has 0 spiro atoms. The molecule has 0 bridgehead atoms. The van der Waals surface area contributed by atoms with Crippen molar-refractivity contribution in [2.24, 2.45) is 7.05 Å². The molecule has 2 atom stereocenters. The van der Waals surface area contributed by atoms with Gasteiger partial charge in [0.25, 0.3) is 0 Å². The fourth-order valence-corrected chi connectivity index (χ4v) is 6.39. The highest BCUT2D eigenvalue weighted by atomic mass is 32.2. The van der Waals surface area contributed by atoms with Gasteiger partial charge in [0.2, 0.25) is 5.91 Å². The third-order valence-electron chi connectivity index (χ3n) is 5.86. The highest BCUT2D eigenvalue weighted by Crippen LogP contribution is 2.29. The number of hydrogen-bond acceptors (Lipinski definition) is 5. The van der Waals surface area contributed by atoms with E-state index in [0.29, 0.717) is 32.5 Å². The molecule has 1 amide bonds. The van der Waals surface area contributed by atoms with Crippen LogP contribution in [0.4, 0.5) is 0 Å². The number of carbonyl (C=O) groups is 1. The Bertz CT molecular complexity index is 941. The van der Waals surface area contributed by atoms with Gasteiger partial charge in [0.1, 0.15) is 0 Å². The van der Waals surface area contributed by atoms with Gasteiger partial charge in [0.15, 0.2) is 9.84 Å². The average molecular weight is 403 g/mol. The highest BCUT2D eigenvalue weighted by Gasteiger charge is 2.47. The van der Waals surface area contributed by atoms with Crippen LogP contribution in [0.25, 0.3) is 0 Å². The lowest BCUT2D eigenvalue weighted by molar-refractivity contribution is -0.137. The van der Waals surface area contributed by atoms with Gasteiger partial charge in [-0.2, -0.15) is 5.10 Å². The van der Waals surface area contributed by atoms with Crippen molar-refractivity contribution < 1.29 is 13.2 Å². The molecule has 2 saturated heterocycles. The van der Waals surface area contributed by atoms with E-state index in [0.717, 1.165) is 5.69 Å². The first-order valence-electron chi connectivity index (χ1n) is 9.68. The van der Waals surface area contributed by atoms with Crippen LogP contribution in [-0.2, 0) is 34.6 Å². The van der Waals surface area contributed by atoms with Gasteiger partial charge >= 0.3 is 0 Å². The van der Waals surface area contributed by atoms with Crippen molar-refractivity contribution in [3.8, 4) is 0 Å². The molecule has 28 heavy (non-hydrogen) atoms. The largest absolute Gasteiger partial charge is 0.336 e. The van der Waals surface area contributed by atoms with Gasteiger partial charge in [-0.15, -0.1) is 0 Å². The molecule has 2 aromatic rings. The summed E-state index contributed by atoms with van der Waals surface area (Å²) in [6.45, 7) is 1.99. The van der Waals surface area contributed by atoms with Crippen LogP contribution in [0.5, 0.6) is 0 Å². The second-order valence-corrected chi connectivity index (χ2v) is 9.85. The molecule has 0 N–H and O–H groups in total. The van der Waals surface area contributed by atoms with Crippen molar-refractivity contribution in [2.75, 3.05) is 24.6 Å². The fourth-order valence-electron chi connectivity index (χ4n) is 4.37. The van der Waals surface area contributed by atoms with E-state index in [2.05, 4.69) is 22.1 Å². The van der Waals surface area contributed by atoms with Gasteiger partial charge in [-0.1, -0.05) is 30.3 Å². The third-order valence-corrected chi connectivity index (χ3v) is 7.56. The monoisotopic (exact) mass is 402 g/mol. The number of fused-ring (bicyclic) bond motifs is 1. The molecule has 150 valence electrons. The maximum Gasteiger partial charge on any atom is 0.223 e. The number of rotatable bonds is 5. The van der Waals surface area contributed by atoms with Crippen molar-refractivity contribution >= 4 is 15.7 Å². The Morgan fingerprint density at radius 2 is 1.86 bits per heavy atom. The van der Waals surface area contributed by atoms with Crippen molar-refractivity contribution in [1.82, 2.24) is 19.6 Å². The SMILES string of the molecule is Cn1nccc1CCC(=O)N1CCN(Cc2ccccc2)[C@@H]2CS(=O)(=O)C[C@@H]21. The van der Waals surface area contributed by atoms with E-state index in [1.807, 2.05) is 36.2 Å². The van der Waals surface area contributed by atoms with Gasteiger partial charge in [-0.25, -0.2) is 8.42 Å². The molecule has 0 saturated carbocycles. The van der Waals surface area contributed by atoms with Gasteiger partial charge in [-0.05, 0) is 18.1 Å². The Hall–Kier alpha value is -2.19. The maximum absolute atomic E-state index is 12.9. The van der Waals surface area contributed by atoms with Crippen LogP contribution in [-0.4, -0.2) is 70.6 Å². The number of carbonyl (C=O) groups excluding carboxylic acids is 1. The predicted molar refractivity (Wildman–Crippen MR) is 106 cm³/mol. The Morgan fingerprint density at radius 1 is 1.11 bits per heavy atom. The fraction of sp³-hybridized carbons (Fsp3) is 0.500. The van der Waals surface area contributed by atoms with Gasteiger partial charge in [0.05, 0.1) is 17.5 Å². The summed E-state index contributed by atoms with van der Waals surface area (Å²) < 4.78 is 26.5. The number of sulfone groups is 1. The van der Waals surface area contributed by atoms with Crippen LogP contribution in [0.15, 0.2) is 42.6 Å². The number of nitrogens with zero attached hydrogens (tertiary/aromatic N) is 4. The van der Waals surface area contributed by atoms with Crippen molar-refractivity contribution in [3.05, 3.63) is 53.9 Å². The third kappa shape index (κ3) is 3.98. The zero-order valence-corrected chi connectivity index (χ0v) is 16.9. The number of amides is 1. The molecule has 0 unspecified atom stereocenters. The van der Waals surface area contributed by atoms with E-state index in [4.69, 9.17) is 0 Å². The molecular weight excluding hydrogens is 376 g/mol. The van der Waals surface area contributed by atoms with E-state index in [1.54, 1.807) is 10.9 Å². The first kappa shape index (κ1) is 19.1. The summed E-state index contributed by atoms with van der Waals surface area (Å²) in [5, 5.41) is 4.13. The summed E-state index contributed by atoms with van der Waals surface area (Å²) in [6, 6.07) is 11.6. The molecule has 1 aromatic heterocycles. The van der Waals surface area contributed by atoms with Crippen molar-refractivity contribution in [1.29, 1.82) is 0 Å². The molecule has 2 aliphatic rings. The summed E-state index contributed by atoms with van der Waals surface area (Å²) in [6.07, 6.45) is 2.72. The quantitative estimate of drug-likeness (QED) is 0.742. The molecule has 0 radical (unpaired) electrons. The van der Waals surface area contributed by atoms with E-state index in [9.17, 15) is 13.2 Å². The lowest BCUT2D eigenvalue weighted by atomic mass is 10.0. The normalized spacial score (nSPS) is 24.2. The molecule has 0 aliphatic carbocycles. The van der Waals surface area contributed by atoms with Crippen LogP contribution < -0.4 is 0 Å². The summed E-state index contributed by atoms with van der Waals surface area (Å²) in [4.78, 5) is 17.0. The van der Waals surface area contributed by atoms with Crippen LogP contribution >= 0.6 is 0 Å². The lowest BCUT2D eigenvalue weighted by Crippen LogP contribution is -2.60. The molecule has 4 rings (SSSR count). The van der Waals surface area contributed by atoms with Crippen LogP contribution in [0, 0.1) is 0 Å². The van der Waals surface area contributed by atoms with Crippen LogP contribution in [0.1, 0.15) is 17.7 Å². The van der Waals surface area contributed by atoms with Crippen LogP contribution in [0.3, 0.4) is 0 Å². The smallest absolute Gasteiger partial charge is 0.223 e. The number of piperazine rings is 1. The average Bonchev–Trinajstić information content (AvgIpc) is 3.22. The Balaban J connectivity index is 1.47. The summed E-state index contributed by atoms with van der Waals surface area (Å²) in [5.41, 5.74) is 2.17. The minimum absolute atomic E-state index is 0.0349. The van der Waals surface area contributed by atoms with Gasteiger partial charge < -0.3 is 4.90 Å². The summed E-state index contributed by atoms with van der Waals surface area (Å²) in [5.74, 6) is 0.240. The van der Waals surface area contributed by atoms with E-state index < -0.39 is 9.84 Å². The summed E-state index contributed by atoms with van der Waals surface area (Å²) >= 11 is 0. The molecule has 2 fully saturated rings. The number of hydrogen-bond donors (Lipinski definition) is 0. The Morgan fingerprint density at radius 3 is 2.57 bits per heavy atom. The number of benzene rings is 1. The number of aryl methyl sites for hydroxylation is 2. The molecule has 8 heteroatoms. The number of aromatic nitrogens is 2. The standard InChI is InChI=1S/C20H26N4O3S/c1-22-17(9-10-21-22)7-8-20(25)24-12-11-23(13-16-5-3-2-4-6-16)18-14-28(26,27)15-19(18)24/h2-6,9-10,18-19H,7-8,11-15H2,1H3/t18-,19+/m1/s1. The van der Waals surface area contributed by atoms with E-state index in [1.165, 1.54) is 5.56 Å². The van der Waals surface area contributed by atoms with Gasteiger partial charge in [0, 0.05) is 51.0 Å². The first-order valence-corrected chi connectivity index (χ1v) is 11.5. The predicted octanol–water partition coefficient (Wildman–Crippen LogP) is 0.863. The van der Waals surface area contributed by atoms with Crippen LogP contribution in [0.2, 0.25) is 0 Å². The minimum Gasteiger partial charge on any atom is -0.336 e. The zero-order chi connectivity index (χ0) is 19.7. The minimum atomic E-state index is -3.14.